The number of sulfonamides is 1. The number of nitrogens with one attached hydrogen (secondary N) is 2. The first-order chi connectivity index (χ1) is 25.6. The number of aryl methyl sites for hydroxylation is 1. The van der Waals surface area contributed by atoms with Gasteiger partial charge in [-0.3, -0.25) is 19.1 Å². The summed E-state index contributed by atoms with van der Waals surface area (Å²) in [5, 5.41) is 6.34. The summed E-state index contributed by atoms with van der Waals surface area (Å²) < 4.78 is 86.9. The lowest BCUT2D eigenvalue weighted by Crippen LogP contribution is -2.57. The minimum atomic E-state index is -4.69. The second-order valence-electron chi connectivity index (χ2n) is 14.3. The average molecular weight is 775 g/mol. The maximum absolute atomic E-state index is 14.2. The number of carbonyl (C=O) groups excluding carboxylic acids is 3. The molecule has 2 saturated carbocycles. The van der Waals surface area contributed by atoms with E-state index in [1.54, 1.807) is 26.0 Å². The quantitative estimate of drug-likeness (QED) is 0.337. The molecule has 7 rings (SSSR count). The Morgan fingerprint density at radius 1 is 1.15 bits per heavy atom. The van der Waals surface area contributed by atoms with E-state index in [2.05, 4.69) is 20.1 Å². The number of methoxy groups -OCH3 is 1. The van der Waals surface area contributed by atoms with Crippen molar-refractivity contribution in [2.45, 2.75) is 94.0 Å². The first-order valence-corrected chi connectivity index (χ1v) is 19.4. The summed E-state index contributed by atoms with van der Waals surface area (Å²) in [5.41, 5.74) is -1.68. The number of carbonyl (C=O) groups is 3. The minimum absolute atomic E-state index is 0.0231. The Morgan fingerprint density at radius 3 is 2.63 bits per heavy atom. The first kappa shape index (κ1) is 37.6. The van der Waals surface area contributed by atoms with Crippen molar-refractivity contribution in [3.8, 4) is 17.3 Å². The van der Waals surface area contributed by atoms with Crippen molar-refractivity contribution in [2.24, 2.45) is 5.92 Å². The maximum atomic E-state index is 14.2. The van der Waals surface area contributed by atoms with E-state index in [4.69, 9.17) is 14.2 Å². The van der Waals surface area contributed by atoms with E-state index in [9.17, 15) is 36.0 Å². The van der Waals surface area contributed by atoms with Crippen LogP contribution in [0.5, 0.6) is 11.5 Å². The van der Waals surface area contributed by atoms with Crippen LogP contribution in [0.4, 0.5) is 13.2 Å². The molecule has 5 atom stereocenters. The van der Waals surface area contributed by atoms with Gasteiger partial charge >= 0.3 is 6.18 Å². The normalized spacial score (nSPS) is 27.3. The van der Waals surface area contributed by atoms with Gasteiger partial charge in [0.2, 0.25) is 15.9 Å². The fourth-order valence-corrected chi connectivity index (χ4v) is 8.48. The molecule has 4 aliphatic rings. The van der Waals surface area contributed by atoms with Crippen molar-refractivity contribution < 1.29 is 50.2 Å². The first-order valence-electron chi connectivity index (χ1n) is 17.9. The molecule has 54 heavy (non-hydrogen) atoms. The Labute approximate surface area is 309 Å². The van der Waals surface area contributed by atoms with Crippen molar-refractivity contribution >= 4 is 38.6 Å². The summed E-state index contributed by atoms with van der Waals surface area (Å²) >= 11 is 0. The van der Waals surface area contributed by atoms with Crippen molar-refractivity contribution in [3.63, 3.8) is 0 Å². The van der Waals surface area contributed by atoms with Gasteiger partial charge in [-0.2, -0.15) is 18.3 Å². The summed E-state index contributed by atoms with van der Waals surface area (Å²) in [6.45, 7) is 3.57. The van der Waals surface area contributed by atoms with Crippen LogP contribution in [0.2, 0.25) is 0 Å². The summed E-state index contributed by atoms with van der Waals surface area (Å²) in [6, 6.07) is 4.52. The van der Waals surface area contributed by atoms with Gasteiger partial charge in [0.15, 0.2) is 11.5 Å². The van der Waals surface area contributed by atoms with Gasteiger partial charge in [-0.25, -0.2) is 18.1 Å². The van der Waals surface area contributed by atoms with Gasteiger partial charge in [0.1, 0.15) is 35.3 Å². The second kappa shape index (κ2) is 14.2. The second-order valence-corrected chi connectivity index (χ2v) is 16.2. The van der Waals surface area contributed by atoms with E-state index in [0.29, 0.717) is 54.5 Å². The molecule has 290 valence electrons. The molecule has 1 saturated heterocycles. The van der Waals surface area contributed by atoms with Crippen LogP contribution in [-0.4, -0.2) is 95.1 Å². The molecule has 0 unspecified atom stereocenters. The molecule has 3 fully saturated rings. The monoisotopic (exact) mass is 774 g/mol. The highest BCUT2D eigenvalue weighted by molar-refractivity contribution is 7.91. The van der Waals surface area contributed by atoms with E-state index in [-0.39, 0.29) is 31.0 Å². The Balaban J connectivity index is 1.22. The number of hydrogen-bond donors (Lipinski definition) is 2. The number of benzene rings is 1. The smallest absolute Gasteiger partial charge is 0.435 e. The van der Waals surface area contributed by atoms with Crippen LogP contribution in [0, 0.1) is 12.8 Å². The number of halogens is 3. The SMILES string of the molecule is COc1ccc2c(O[C@@H]3C[C@H]4C(=O)N[C@]5(C(=O)NS(=O)(=O)C6CC6)C[C@H]5/C=C\CCCCO[C@H](C)C(=O)N4C3)cc(-n3ccc(C(F)(F)F)n3)nc2c1C. The minimum Gasteiger partial charge on any atom is -0.496 e. The third kappa shape index (κ3) is 7.37. The summed E-state index contributed by atoms with van der Waals surface area (Å²) in [4.78, 5) is 47.7. The molecule has 3 aromatic rings. The molecule has 0 bridgehead atoms. The van der Waals surface area contributed by atoms with E-state index in [0.717, 1.165) is 23.4 Å². The van der Waals surface area contributed by atoms with Crippen molar-refractivity contribution in [1.82, 2.24) is 29.7 Å². The van der Waals surface area contributed by atoms with Gasteiger partial charge in [-0.05, 0) is 70.6 Å². The van der Waals surface area contributed by atoms with E-state index >= 15 is 0 Å². The highest BCUT2D eigenvalue weighted by Crippen LogP contribution is 2.46. The lowest BCUT2D eigenvalue weighted by molar-refractivity contribution is -0.147. The third-order valence-electron chi connectivity index (χ3n) is 10.4. The molecule has 2 aliphatic carbocycles. The lowest BCUT2D eigenvalue weighted by atomic mass is 10.1. The number of nitrogens with zero attached hydrogens (tertiary/aromatic N) is 4. The van der Waals surface area contributed by atoms with Crippen molar-refractivity contribution in [2.75, 3.05) is 20.3 Å². The molecule has 3 amide bonds. The number of ether oxygens (including phenoxy) is 3. The lowest BCUT2D eigenvalue weighted by Gasteiger charge is -2.28. The third-order valence-corrected chi connectivity index (χ3v) is 12.2. The van der Waals surface area contributed by atoms with Gasteiger partial charge in [0.05, 0.1) is 24.4 Å². The summed E-state index contributed by atoms with van der Waals surface area (Å²) in [5.74, 6) is -1.71. The largest absolute Gasteiger partial charge is 0.496 e. The number of hydrogen-bond acceptors (Lipinski definition) is 10. The molecule has 0 radical (unpaired) electrons. The van der Waals surface area contributed by atoms with Crippen molar-refractivity contribution in [1.29, 1.82) is 0 Å². The van der Waals surface area contributed by atoms with Gasteiger partial charge in [-0.15, -0.1) is 0 Å². The molecule has 0 spiro atoms. The highest BCUT2D eigenvalue weighted by Gasteiger charge is 2.62. The highest BCUT2D eigenvalue weighted by atomic mass is 32.2. The number of alkyl halides is 3. The van der Waals surface area contributed by atoms with E-state index < -0.39 is 74.6 Å². The number of fused-ring (bicyclic) bond motifs is 3. The Bertz CT molecular complexity index is 2120. The van der Waals surface area contributed by atoms with Crippen molar-refractivity contribution in [3.05, 3.63) is 53.9 Å². The van der Waals surface area contributed by atoms with Gasteiger partial charge < -0.3 is 24.4 Å². The van der Waals surface area contributed by atoms with Crippen LogP contribution in [0.15, 0.2) is 42.6 Å². The van der Waals surface area contributed by atoms with Gasteiger partial charge in [0, 0.05) is 42.2 Å². The Hall–Kier alpha value is -4.71. The Kier molecular flexibility index (Phi) is 9.87. The van der Waals surface area contributed by atoms with Gasteiger partial charge in [-0.1, -0.05) is 12.2 Å². The molecular formula is C36H41F3N6O8S. The molecule has 2 N–H and O–H groups in total. The predicted molar refractivity (Wildman–Crippen MR) is 187 cm³/mol. The van der Waals surface area contributed by atoms with E-state index in [1.165, 1.54) is 18.1 Å². The summed E-state index contributed by atoms with van der Waals surface area (Å²) in [6.07, 6.45) is 1.56. The zero-order chi connectivity index (χ0) is 38.6. The molecule has 2 aliphatic heterocycles. The van der Waals surface area contributed by atoms with Gasteiger partial charge in [0.25, 0.3) is 11.8 Å². The fourth-order valence-electron chi connectivity index (χ4n) is 7.12. The average Bonchev–Trinajstić information content (AvgIpc) is 3.99. The van der Waals surface area contributed by atoms with Crippen LogP contribution in [0.3, 0.4) is 0 Å². The zero-order valence-electron chi connectivity index (χ0n) is 29.9. The van der Waals surface area contributed by atoms with E-state index in [1.807, 2.05) is 12.2 Å². The molecule has 2 aromatic heterocycles. The number of aromatic nitrogens is 3. The fraction of sp³-hybridized carbons (Fsp3) is 0.528. The number of allylic oxidation sites excluding steroid dienone is 1. The predicted octanol–water partition coefficient (Wildman–Crippen LogP) is 3.73. The number of rotatable bonds is 7. The number of amides is 3. The standard InChI is InChI=1S/C36H41F3N6O8S/c1-20-27(51-3)12-11-25-28(17-30(40-31(20)25)45-14-13-29(42-45)36(37,38)39)53-23-16-26-32(46)41-35(34(48)43-54(49,50)24-9-10-24)18-22(35)8-6-4-5-7-15-52-21(2)33(47)44(26)19-23/h6,8,11-14,17,21-24,26H,4-5,7,9-10,15-16,18-19H2,1-3H3,(H,41,46)(H,43,48)/b8-6-/t21-,22-,23-,26+,35-/m1/s1. The topological polar surface area (TPSA) is 171 Å². The summed E-state index contributed by atoms with van der Waals surface area (Å²) in [7, 11) is -2.44. The molecule has 4 heterocycles. The van der Waals surface area contributed by atoms with Crippen LogP contribution in [0.25, 0.3) is 16.7 Å². The Morgan fingerprint density at radius 2 is 1.93 bits per heavy atom. The van der Waals surface area contributed by atoms with Crippen LogP contribution in [-0.2, 0) is 35.3 Å². The van der Waals surface area contributed by atoms with Crippen LogP contribution in [0.1, 0.15) is 63.1 Å². The molecule has 1 aromatic carbocycles. The van der Waals surface area contributed by atoms with Crippen LogP contribution < -0.4 is 19.5 Å². The molecular weight excluding hydrogens is 733 g/mol. The maximum Gasteiger partial charge on any atom is 0.435 e. The number of pyridine rings is 1. The molecule has 18 heteroatoms. The molecule has 14 nitrogen and oxygen atoms in total. The zero-order valence-corrected chi connectivity index (χ0v) is 30.7. The van der Waals surface area contributed by atoms with Crippen LogP contribution >= 0.6 is 0 Å².